The maximum Gasteiger partial charge on any atom is 0.223 e. The van der Waals surface area contributed by atoms with E-state index in [9.17, 15) is 13.2 Å². The maximum atomic E-state index is 12.8. The van der Waals surface area contributed by atoms with Crippen LogP contribution in [0.3, 0.4) is 0 Å². The molecule has 2 heterocycles. The van der Waals surface area contributed by atoms with Gasteiger partial charge in [-0.05, 0) is 55.9 Å². The van der Waals surface area contributed by atoms with Crippen LogP contribution in [0.4, 0.5) is 5.69 Å². The van der Waals surface area contributed by atoms with Gasteiger partial charge in [-0.25, -0.2) is 8.42 Å². The number of para-hydroxylation sites is 1. The number of hydrogen-bond acceptors (Lipinski definition) is 4. The van der Waals surface area contributed by atoms with E-state index in [0.29, 0.717) is 26.1 Å². The summed E-state index contributed by atoms with van der Waals surface area (Å²) < 4.78 is 27.4. The Hall–Kier alpha value is -2.22. The lowest BCUT2D eigenvalue weighted by atomic mass is 10.0. The van der Waals surface area contributed by atoms with Crippen LogP contribution in [0.25, 0.3) is 0 Å². The summed E-state index contributed by atoms with van der Waals surface area (Å²) in [6, 6.07) is 14.5. The van der Waals surface area contributed by atoms with E-state index in [4.69, 9.17) is 0 Å². The number of anilines is 1. The molecule has 0 unspecified atom stereocenters. The maximum absolute atomic E-state index is 12.8. The average Bonchev–Trinajstić information content (AvgIpc) is 3.12. The van der Waals surface area contributed by atoms with Gasteiger partial charge in [-0.1, -0.05) is 42.0 Å². The first-order valence-electron chi connectivity index (χ1n) is 11.8. The Kier molecular flexibility index (Phi) is 6.93. The number of aryl methyl sites for hydroxylation is 2. The molecule has 2 aromatic rings. The number of carbonyl (C=O) groups excluding carboxylic acids is 1. The molecule has 4 rings (SSSR count). The van der Waals surface area contributed by atoms with Crippen molar-refractivity contribution in [2.45, 2.75) is 65.2 Å². The van der Waals surface area contributed by atoms with Crippen LogP contribution in [-0.2, 0) is 27.9 Å². The molecule has 33 heavy (non-hydrogen) atoms. The van der Waals surface area contributed by atoms with Crippen LogP contribution in [0, 0.1) is 13.8 Å². The Morgan fingerprint density at radius 2 is 1.76 bits per heavy atom. The molecule has 1 amide bonds. The van der Waals surface area contributed by atoms with Crippen molar-refractivity contribution in [3.8, 4) is 0 Å². The van der Waals surface area contributed by atoms with Crippen LogP contribution in [0.15, 0.2) is 42.5 Å². The lowest BCUT2D eigenvalue weighted by molar-refractivity contribution is -0.116. The molecule has 0 aliphatic carbocycles. The van der Waals surface area contributed by atoms with E-state index >= 15 is 0 Å². The third-order valence-corrected chi connectivity index (χ3v) is 8.40. The lowest BCUT2D eigenvalue weighted by Crippen LogP contribution is -2.46. The molecule has 0 spiro atoms. The van der Waals surface area contributed by atoms with Gasteiger partial charge in [0, 0.05) is 50.9 Å². The molecule has 0 radical (unpaired) electrons. The molecule has 0 saturated carbocycles. The molecule has 2 aliphatic heterocycles. The van der Waals surface area contributed by atoms with Crippen molar-refractivity contribution in [2.24, 2.45) is 0 Å². The van der Waals surface area contributed by atoms with Gasteiger partial charge < -0.3 is 4.90 Å². The second-order valence-electron chi connectivity index (χ2n) is 9.67. The zero-order valence-electron chi connectivity index (χ0n) is 20.1. The van der Waals surface area contributed by atoms with Gasteiger partial charge in [0.2, 0.25) is 15.9 Å². The molecule has 7 heteroatoms. The van der Waals surface area contributed by atoms with E-state index in [1.807, 2.05) is 23.1 Å². The number of nitrogens with zero attached hydrogens (tertiary/aromatic N) is 3. The van der Waals surface area contributed by atoms with Crippen molar-refractivity contribution in [3.63, 3.8) is 0 Å². The van der Waals surface area contributed by atoms with Crippen molar-refractivity contribution >= 4 is 21.6 Å². The Bertz CT molecular complexity index is 1130. The molecule has 2 atom stereocenters. The Balaban J connectivity index is 1.76. The highest BCUT2D eigenvalue weighted by Crippen LogP contribution is 2.33. The first-order valence-corrected chi connectivity index (χ1v) is 13.6. The van der Waals surface area contributed by atoms with E-state index in [2.05, 4.69) is 43.0 Å². The van der Waals surface area contributed by atoms with Crippen LogP contribution >= 0.6 is 0 Å². The van der Waals surface area contributed by atoms with Gasteiger partial charge in [0.1, 0.15) is 0 Å². The third-order valence-electron chi connectivity index (χ3n) is 7.04. The first kappa shape index (κ1) is 23.9. The van der Waals surface area contributed by atoms with Crippen LogP contribution in [-0.4, -0.2) is 55.0 Å². The molecule has 6 nitrogen and oxygen atoms in total. The van der Waals surface area contributed by atoms with Crippen LogP contribution in [0.5, 0.6) is 0 Å². The summed E-state index contributed by atoms with van der Waals surface area (Å²) in [5.74, 6) is -0.0110. The van der Waals surface area contributed by atoms with Crippen LogP contribution in [0.2, 0.25) is 0 Å². The fourth-order valence-corrected chi connectivity index (χ4v) is 7.01. The van der Waals surface area contributed by atoms with Crippen molar-refractivity contribution < 1.29 is 13.2 Å². The van der Waals surface area contributed by atoms with E-state index < -0.39 is 10.0 Å². The van der Waals surface area contributed by atoms with Crippen molar-refractivity contribution in [2.75, 3.05) is 24.2 Å². The summed E-state index contributed by atoms with van der Waals surface area (Å²) in [5.41, 5.74) is 5.75. The van der Waals surface area contributed by atoms with E-state index in [0.717, 1.165) is 30.6 Å². The fraction of sp³-hybridized carbons (Fsp3) is 0.500. The molecule has 2 aliphatic rings. The summed E-state index contributed by atoms with van der Waals surface area (Å²) in [5, 5.41) is 0. The Morgan fingerprint density at radius 3 is 2.45 bits per heavy atom. The predicted molar refractivity (Wildman–Crippen MR) is 133 cm³/mol. The highest BCUT2D eigenvalue weighted by molar-refractivity contribution is 7.88. The average molecular weight is 470 g/mol. The van der Waals surface area contributed by atoms with Gasteiger partial charge in [-0.3, -0.25) is 9.69 Å². The van der Waals surface area contributed by atoms with Crippen molar-refractivity contribution in [1.82, 2.24) is 9.21 Å². The standard InChI is InChI=1S/C26H35N3O3S/c1-19-9-10-22(20(2)15-19)16-27-17-23-7-5-6-8-26(23)28(21(3)30)14-13-24-11-12-25(18-27)29(24)33(4,31)32/h5-10,15,24-25H,11-14,16-18H2,1-4H3/t24-,25+/m1/s1. The van der Waals surface area contributed by atoms with E-state index in [1.165, 1.54) is 22.9 Å². The molecular weight excluding hydrogens is 434 g/mol. The van der Waals surface area contributed by atoms with Crippen LogP contribution < -0.4 is 4.90 Å². The van der Waals surface area contributed by atoms with Gasteiger partial charge in [0.05, 0.1) is 6.26 Å². The summed E-state index contributed by atoms with van der Waals surface area (Å²) in [7, 11) is -3.35. The second kappa shape index (κ2) is 9.57. The number of amides is 1. The minimum atomic E-state index is -3.35. The highest BCUT2D eigenvalue weighted by atomic mass is 32.2. The molecule has 0 N–H and O–H groups in total. The predicted octanol–water partition coefficient (Wildman–Crippen LogP) is 3.85. The zero-order chi connectivity index (χ0) is 23.8. The number of benzene rings is 2. The number of fused-ring (bicyclic) bond motifs is 3. The monoisotopic (exact) mass is 469 g/mol. The molecule has 178 valence electrons. The highest BCUT2D eigenvalue weighted by Gasteiger charge is 2.40. The summed E-state index contributed by atoms with van der Waals surface area (Å²) in [6.45, 7) is 8.41. The number of rotatable bonds is 3. The summed E-state index contributed by atoms with van der Waals surface area (Å²) >= 11 is 0. The van der Waals surface area contributed by atoms with Crippen molar-refractivity contribution in [1.29, 1.82) is 0 Å². The quantitative estimate of drug-likeness (QED) is 0.685. The minimum absolute atomic E-state index is 0.0110. The topological polar surface area (TPSA) is 60.9 Å². The zero-order valence-corrected chi connectivity index (χ0v) is 20.9. The third kappa shape index (κ3) is 5.31. The van der Waals surface area contributed by atoms with Gasteiger partial charge in [-0.2, -0.15) is 4.31 Å². The Morgan fingerprint density at radius 1 is 1.03 bits per heavy atom. The number of hydrogen-bond donors (Lipinski definition) is 0. The minimum Gasteiger partial charge on any atom is -0.312 e. The van der Waals surface area contributed by atoms with Gasteiger partial charge in [0.25, 0.3) is 0 Å². The van der Waals surface area contributed by atoms with E-state index in [1.54, 1.807) is 11.2 Å². The van der Waals surface area contributed by atoms with Gasteiger partial charge in [0.15, 0.2) is 0 Å². The molecule has 0 aromatic heterocycles. The van der Waals surface area contributed by atoms with Crippen molar-refractivity contribution in [3.05, 3.63) is 64.7 Å². The molecule has 2 bridgehead atoms. The van der Waals surface area contributed by atoms with Gasteiger partial charge >= 0.3 is 0 Å². The summed E-state index contributed by atoms with van der Waals surface area (Å²) in [6.07, 6.45) is 3.66. The van der Waals surface area contributed by atoms with Crippen LogP contribution in [0.1, 0.15) is 48.4 Å². The largest absolute Gasteiger partial charge is 0.312 e. The van der Waals surface area contributed by atoms with E-state index in [-0.39, 0.29) is 18.0 Å². The second-order valence-corrected chi connectivity index (χ2v) is 11.6. The van der Waals surface area contributed by atoms with Gasteiger partial charge in [-0.15, -0.1) is 0 Å². The molecule has 1 fully saturated rings. The summed E-state index contributed by atoms with van der Waals surface area (Å²) in [4.78, 5) is 16.8. The fourth-order valence-electron chi connectivity index (χ4n) is 5.54. The first-order chi connectivity index (χ1) is 15.6. The number of carbonyl (C=O) groups is 1. The SMILES string of the molecule is CC(=O)N1CC[C@H]2CC[C@@H](CN(Cc3ccc(C)cc3C)Cc3ccccc31)N2S(C)(=O)=O. The number of sulfonamides is 1. The molecule has 2 aromatic carbocycles. The molecule has 1 saturated heterocycles. The molecular formula is C26H35N3O3S. The lowest BCUT2D eigenvalue weighted by Gasteiger charge is -2.32. The Labute approximate surface area is 198 Å². The normalized spacial score (nSPS) is 22.6. The smallest absolute Gasteiger partial charge is 0.223 e.